The Morgan fingerprint density at radius 2 is 1.75 bits per heavy atom. The van der Waals surface area contributed by atoms with Crippen LogP contribution in [0.15, 0.2) is 66.9 Å². The molecule has 4 aromatic rings. The number of aromatic hydroxyl groups is 1. The number of aliphatic hydroxyl groups is 1. The van der Waals surface area contributed by atoms with Gasteiger partial charge in [0.15, 0.2) is 5.65 Å². The van der Waals surface area contributed by atoms with E-state index >= 15 is 0 Å². The number of aliphatic hydroxyl groups excluding tert-OH is 1. The molecule has 2 aromatic carbocycles. The molecule has 0 bridgehead atoms. The van der Waals surface area contributed by atoms with Crippen LogP contribution in [0.25, 0.3) is 28.2 Å². The van der Waals surface area contributed by atoms with E-state index in [0.29, 0.717) is 0 Å². The standard InChI is InChI=1S/C19H15N3O2/c23-12-13-3-1-4-14(9-13)17-7-8-19-20-11-18(22(19)21-17)15-5-2-6-16(24)10-15/h1-11,23-24H,12H2. The predicted octanol–water partition coefficient (Wildman–Crippen LogP) is 3.26. The molecule has 118 valence electrons. The topological polar surface area (TPSA) is 70.7 Å². The SMILES string of the molecule is OCc1cccc(-c2ccc3ncc(-c4cccc(O)c4)n3n2)c1. The highest BCUT2D eigenvalue weighted by Crippen LogP contribution is 2.25. The number of hydrogen-bond acceptors (Lipinski definition) is 4. The Hall–Kier alpha value is -3.18. The van der Waals surface area contributed by atoms with Crippen molar-refractivity contribution < 1.29 is 10.2 Å². The lowest BCUT2D eigenvalue weighted by atomic mass is 10.1. The molecule has 0 spiro atoms. The maximum Gasteiger partial charge on any atom is 0.154 e. The van der Waals surface area contributed by atoms with Crippen molar-refractivity contribution in [3.8, 4) is 28.3 Å². The quantitative estimate of drug-likeness (QED) is 0.608. The smallest absolute Gasteiger partial charge is 0.154 e. The van der Waals surface area contributed by atoms with Crippen LogP contribution in [0.1, 0.15) is 5.56 Å². The highest BCUT2D eigenvalue weighted by molar-refractivity contribution is 5.67. The van der Waals surface area contributed by atoms with Crippen LogP contribution in [-0.2, 0) is 6.61 Å². The Morgan fingerprint density at radius 3 is 2.58 bits per heavy atom. The lowest BCUT2D eigenvalue weighted by molar-refractivity contribution is 0.282. The number of benzene rings is 2. The number of fused-ring (bicyclic) bond motifs is 1. The predicted molar refractivity (Wildman–Crippen MR) is 91.4 cm³/mol. The number of phenols is 1. The second-order valence-corrected chi connectivity index (χ2v) is 5.54. The third-order valence-electron chi connectivity index (χ3n) is 3.91. The van der Waals surface area contributed by atoms with Crippen molar-refractivity contribution in [3.63, 3.8) is 0 Å². The molecule has 24 heavy (non-hydrogen) atoms. The summed E-state index contributed by atoms with van der Waals surface area (Å²) in [6.07, 6.45) is 1.74. The summed E-state index contributed by atoms with van der Waals surface area (Å²) in [4.78, 5) is 4.37. The first-order valence-corrected chi connectivity index (χ1v) is 7.59. The van der Waals surface area contributed by atoms with E-state index < -0.39 is 0 Å². The zero-order chi connectivity index (χ0) is 16.5. The fourth-order valence-electron chi connectivity index (χ4n) is 2.72. The normalized spacial score (nSPS) is 11.0. The largest absolute Gasteiger partial charge is 0.508 e. The molecule has 5 nitrogen and oxygen atoms in total. The van der Waals surface area contributed by atoms with E-state index in [1.807, 2.05) is 42.5 Å². The van der Waals surface area contributed by atoms with Crippen molar-refractivity contribution in [1.29, 1.82) is 0 Å². The molecule has 2 N–H and O–H groups in total. The lowest BCUT2D eigenvalue weighted by Gasteiger charge is -2.06. The third-order valence-corrected chi connectivity index (χ3v) is 3.91. The van der Waals surface area contributed by atoms with Crippen molar-refractivity contribution in [2.24, 2.45) is 0 Å². The fraction of sp³-hybridized carbons (Fsp3) is 0.0526. The molecular formula is C19H15N3O2. The summed E-state index contributed by atoms with van der Waals surface area (Å²) in [6.45, 7) is -0.00426. The Labute approximate surface area is 138 Å². The minimum Gasteiger partial charge on any atom is -0.508 e. The molecular weight excluding hydrogens is 302 g/mol. The summed E-state index contributed by atoms with van der Waals surface area (Å²) < 4.78 is 1.76. The van der Waals surface area contributed by atoms with Gasteiger partial charge in [-0.2, -0.15) is 5.10 Å². The average molecular weight is 317 g/mol. The van der Waals surface area contributed by atoms with Crippen LogP contribution in [0.5, 0.6) is 5.75 Å². The van der Waals surface area contributed by atoms with E-state index in [2.05, 4.69) is 10.1 Å². The second-order valence-electron chi connectivity index (χ2n) is 5.54. The third kappa shape index (κ3) is 2.51. The van der Waals surface area contributed by atoms with Crippen molar-refractivity contribution in [3.05, 3.63) is 72.4 Å². The number of aromatic nitrogens is 3. The van der Waals surface area contributed by atoms with Gasteiger partial charge in [-0.15, -0.1) is 0 Å². The van der Waals surface area contributed by atoms with Gasteiger partial charge in [-0.25, -0.2) is 9.50 Å². The first-order valence-electron chi connectivity index (χ1n) is 7.59. The fourth-order valence-corrected chi connectivity index (χ4v) is 2.72. The molecule has 0 amide bonds. The lowest BCUT2D eigenvalue weighted by Crippen LogP contribution is -1.97. The van der Waals surface area contributed by atoms with Gasteiger partial charge in [0.1, 0.15) is 5.75 Å². The van der Waals surface area contributed by atoms with Crippen LogP contribution >= 0.6 is 0 Å². The molecule has 0 fully saturated rings. The number of rotatable bonds is 3. The molecule has 4 rings (SSSR count). The summed E-state index contributed by atoms with van der Waals surface area (Å²) in [6, 6.07) is 18.5. The summed E-state index contributed by atoms with van der Waals surface area (Å²) in [7, 11) is 0. The van der Waals surface area contributed by atoms with Gasteiger partial charge in [0.05, 0.1) is 24.2 Å². The van der Waals surface area contributed by atoms with Crippen molar-refractivity contribution in [2.75, 3.05) is 0 Å². The molecule has 0 aliphatic carbocycles. The zero-order valence-electron chi connectivity index (χ0n) is 12.8. The molecule has 2 heterocycles. The van der Waals surface area contributed by atoms with Gasteiger partial charge in [-0.3, -0.25) is 0 Å². The minimum atomic E-state index is -0.00426. The van der Waals surface area contributed by atoms with Gasteiger partial charge >= 0.3 is 0 Å². The van der Waals surface area contributed by atoms with E-state index in [9.17, 15) is 10.2 Å². The Balaban J connectivity index is 1.87. The first-order chi connectivity index (χ1) is 11.7. The van der Waals surface area contributed by atoms with Crippen LogP contribution in [0.4, 0.5) is 0 Å². The molecule has 0 atom stereocenters. The van der Waals surface area contributed by atoms with E-state index in [0.717, 1.165) is 33.7 Å². The Kier molecular flexibility index (Phi) is 3.48. The van der Waals surface area contributed by atoms with E-state index in [4.69, 9.17) is 0 Å². The molecule has 0 unspecified atom stereocenters. The average Bonchev–Trinajstić information content (AvgIpc) is 3.05. The van der Waals surface area contributed by atoms with Gasteiger partial charge in [0.25, 0.3) is 0 Å². The minimum absolute atomic E-state index is 0.00426. The molecule has 2 aromatic heterocycles. The summed E-state index contributed by atoms with van der Waals surface area (Å²) >= 11 is 0. The van der Waals surface area contributed by atoms with Gasteiger partial charge in [0.2, 0.25) is 0 Å². The van der Waals surface area contributed by atoms with Gasteiger partial charge < -0.3 is 10.2 Å². The highest BCUT2D eigenvalue weighted by atomic mass is 16.3. The molecule has 0 saturated heterocycles. The number of phenolic OH excluding ortho intramolecular Hbond substituents is 1. The Morgan fingerprint density at radius 1 is 0.917 bits per heavy atom. The monoisotopic (exact) mass is 317 g/mol. The molecule has 0 saturated carbocycles. The van der Waals surface area contributed by atoms with E-state index in [1.165, 1.54) is 0 Å². The van der Waals surface area contributed by atoms with Crippen molar-refractivity contribution >= 4 is 5.65 Å². The maximum atomic E-state index is 9.70. The zero-order valence-corrected chi connectivity index (χ0v) is 12.8. The summed E-state index contributed by atoms with van der Waals surface area (Å²) in [5.74, 6) is 0.203. The molecule has 0 aliphatic rings. The van der Waals surface area contributed by atoms with Crippen molar-refractivity contribution in [1.82, 2.24) is 14.6 Å². The summed E-state index contributed by atoms with van der Waals surface area (Å²) in [5.41, 5.74) is 4.94. The first kappa shape index (κ1) is 14.4. The molecule has 5 heteroatoms. The molecule has 0 radical (unpaired) electrons. The van der Waals surface area contributed by atoms with E-state index in [1.54, 1.807) is 28.9 Å². The number of nitrogens with zero attached hydrogens (tertiary/aromatic N) is 3. The van der Waals surface area contributed by atoms with Crippen LogP contribution in [0.3, 0.4) is 0 Å². The van der Waals surface area contributed by atoms with Crippen LogP contribution in [0.2, 0.25) is 0 Å². The van der Waals surface area contributed by atoms with E-state index in [-0.39, 0.29) is 12.4 Å². The second kappa shape index (κ2) is 5.79. The number of hydrogen-bond donors (Lipinski definition) is 2. The van der Waals surface area contributed by atoms with Gasteiger partial charge in [-0.05, 0) is 35.9 Å². The maximum absolute atomic E-state index is 9.70. The summed E-state index contributed by atoms with van der Waals surface area (Å²) in [5, 5.41) is 23.7. The van der Waals surface area contributed by atoms with Gasteiger partial charge in [0, 0.05) is 11.1 Å². The molecule has 0 aliphatic heterocycles. The van der Waals surface area contributed by atoms with Crippen molar-refractivity contribution in [2.45, 2.75) is 6.61 Å². The van der Waals surface area contributed by atoms with Crippen LogP contribution < -0.4 is 0 Å². The van der Waals surface area contributed by atoms with Gasteiger partial charge in [-0.1, -0.05) is 30.3 Å². The van der Waals surface area contributed by atoms with Crippen LogP contribution in [-0.4, -0.2) is 24.8 Å². The van der Waals surface area contributed by atoms with Crippen LogP contribution in [0, 0.1) is 0 Å². The number of imidazole rings is 1. The Bertz CT molecular complexity index is 1020. The highest BCUT2D eigenvalue weighted by Gasteiger charge is 2.09.